The third kappa shape index (κ3) is 3.14. The molecule has 0 saturated heterocycles. The van der Waals surface area contributed by atoms with E-state index in [9.17, 15) is 4.79 Å². The maximum Gasteiger partial charge on any atom is 0.307 e. The van der Waals surface area contributed by atoms with Crippen molar-refractivity contribution in [2.45, 2.75) is 6.42 Å². The van der Waals surface area contributed by atoms with E-state index in [1.54, 1.807) is 30.4 Å². The molecule has 0 radical (unpaired) electrons. The van der Waals surface area contributed by atoms with Gasteiger partial charge < -0.3 is 19.3 Å². The fourth-order valence-electron chi connectivity index (χ4n) is 1.36. The second-order valence-corrected chi connectivity index (χ2v) is 3.40. The molecule has 0 atom stereocenters. The van der Waals surface area contributed by atoms with Crippen molar-refractivity contribution in [2.24, 2.45) is 0 Å². The van der Waals surface area contributed by atoms with E-state index >= 15 is 0 Å². The lowest BCUT2D eigenvalue weighted by atomic mass is 10.3. The number of hydrogen-bond acceptors (Lipinski definition) is 4. The standard InChI is InChI=1S/C12H12O5/c13-12(14)3-1-2-6-15-9-4-5-10-11(7-9)17-8-16-10/h1-2,4-5,7H,3,6,8H2,(H,13,14)/b2-1+. The van der Waals surface area contributed by atoms with Crippen LogP contribution in [0.1, 0.15) is 6.42 Å². The summed E-state index contributed by atoms with van der Waals surface area (Å²) >= 11 is 0. The highest BCUT2D eigenvalue weighted by molar-refractivity contribution is 5.68. The number of carbonyl (C=O) groups is 1. The Hall–Kier alpha value is -2.17. The van der Waals surface area contributed by atoms with E-state index in [1.165, 1.54) is 0 Å². The average Bonchev–Trinajstić information content (AvgIpc) is 2.75. The molecule has 5 heteroatoms. The number of rotatable bonds is 5. The van der Waals surface area contributed by atoms with Crippen LogP contribution in [0.25, 0.3) is 0 Å². The van der Waals surface area contributed by atoms with Gasteiger partial charge in [-0.3, -0.25) is 4.79 Å². The monoisotopic (exact) mass is 236 g/mol. The van der Waals surface area contributed by atoms with Gasteiger partial charge in [-0.05, 0) is 12.1 Å². The summed E-state index contributed by atoms with van der Waals surface area (Å²) in [4.78, 5) is 10.2. The summed E-state index contributed by atoms with van der Waals surface area (Å²) in [6.45, 7) is 0.560. The Morgan fingerprint density at radius 2 is 2.18 bits per heavy atom. The van der Waals surface area contributed by atoms with Gasteiger partial charge in [-0.1, -0.05) is 12.2 Å². The molecule has 0 bridgehead atoms. The van der Waals surface area contributed by atoms with E-state index in [2.05, 4.69) is 0 Å². The average molecular weight is 236 g/mol. The van der Waals surface area contributed by atoms with Crippen molar-refractivity contribution in [1.29, 1.82) is 0 Å². The summed E-state index contributed by atoms with van der Waals surface area (Å²) in [7, 11) is 0. The lowest BCUT2D eigenvalue weighted by molar-refractivity contribution is -0.136. The molecule has 0 amide bonds. The molecule has 0 unspecified atom stereocenters. The lowest BCUT2D eigenvalue weighted by Gasteiger charge is -2.03. The van der Waals surface area contributed by atoms with Gasteiger partial charge in [0, 0.05) is 6.07 Å². The molecule has 2 rings (SSSR count). The van der Waals surface area contributed by atoms with Crippen LogP contribution < -0.4 is 14.2 Å². The molecule has 1 aliphatic heterocycles. The van der Waals surface area contributed by atoms with Gasteiger partial charge in [-0.25, -0.2) is 0 Å². The SMILES string of the molecule is O=C(O)C/C=C/COc1ccc2c(c1)OCO2. The topological polar surface area (TPSA) is 65.0 Å². The van der Waals surface area contributed by atoms with Crippen LogP contribution in [0, 0.1) is 0 Å². The van der Waals surface area contributed by atoms with Crippen molar-refractivity contribution in [2.75, 3.05) is 13.4 Å². The van der Waals surface area contributed by atoms with Crippen LogP contribution in [0.15, 0.2) is 30.4 Å². The second-order valence-electron chi connectivity index (χ2n) is 3.40. The van der Waals surface area contributed by atoms with E-state index in [1.807, 2.05) is 0 Å². The number of fused-ring (bicyclic) bond motifs is 1. The second kappa shape index (κ2) is 5.25. The highest BCUT2D eigenvalue weighted by atomic mass is 16.7. The Kier molecular flexibility index (Phi) is 3.49. The minimum atomic E-state index is -0.857. The Balaban J connectivity index is 1.83. The zero-order valence-electron chi connectivity index (χ0n) is 9.09. The fraction of sp³-hybridized carbons (Fsp3) is 0.250. The van der Waals surface area contributed by atoms with E-state index in [4.69, 9.17) is 19.3 Å². The molecule has 0 saturated carbocycles. The molecule has 0 aromatic heterocycles. The summed E-state index contributed by atoms with van der Waals surface area (Å²) < 4.78 is 15.8. The van der Waals surface area contributed by atoms with Crippen molar-refractivity contribution in [3.63, 3.8) is 0 Å². The third-order valence-electron chi connectivity index (χ3n) is 2.15. The molecular formula is C12H12O5. The predicted octanol–water partition coefficient (Wildman–Crippen LogP) is 1.82. The van der Waals surface area contributed by atoms with Crippen molar-refractivity contribution in [1.82, 2.24) is 0 Å². The van der Waals surface area contributed by atoms with Gasteiger partial charge in [0.15, 0.2) is 11.5 Å². The Morgan fingerprint density at radius 1 is 1.35 bits per heavy atom. The predicted molar refractivity (Wildman–Crippen MR) is 59.5 cm³/mol. The number of ether oxygens (including phenoxy) is 3. The lowest BCUT2D eigenvalue weighted by Crippen LogP contribution is -1.95. The summed E-state index contributed by atoms with van der Waals surface area (Å²) in [5.74, 6) is 1.18. The van der Waals surface area contributed by atoms with Crippen molar-refractivity contribution in [3.05, 3.63) is 30.4 Å². The number of aliphatic carboxylic acids is 1. The minimum absolute atomic E-state index is 0.00446. The summed E-state index contributed by atoms with van der Waals surface area (Å²) in [6.07, 6.45) is 3.22. The highest BCUT2D eigenvalue weighted by Crippen LogP contribution is 2.34. The first-order chi connectivity index (χ1) is 8.25. The van der Waals surface area contributed by atoms with E-state index in [0.717, 1.165) is 0 Å². The van der Waals surface area contributed by atoms with Crippen LogP contribution in [0.3, 0.4) is 0 Å². The van der Waals surface area contributed by atoms with Gasteiger partial charge in [-0.15, -0.1) is 0 Å². The van der Waals surface area contributed by atoms with E-state index in [0.29, 0.717) is 23.9 Å². The molecule has 5 nitrogen and oxygen atoms in total. The number of hydrogen-bond donors (Lipinski definition) is 1. The van der Waals surface area contributed by atoms with Gasteiger partial charge in [0.05, 0.1) is 6.42 Å². The van der Waals surface area contributed by atoms with Gasteiger partial charge in [0.25, 0.3) is 0 Å². The molecule has 0 spiro atoms. The smallest absolute Gasteiger partial charge is 0.307 e. The first-order valence-corrected chi connectivity index (χ1v) is 5.15. The van der Waals surface area contributed by atoms with Crippen LogP contribution in [0.4, 0.5) is 0 Å². The van der Waals surface area contributed by atoms with Crippen LogP contribution >= 0.6 is 0 Å². The van der Waals surface area contributed by atoms with Crippen molar-refractivity contribution in [3.8, 4) is 17.2 Å². The van der Waals surface area contributed by atoms with Gasteiger partial charge in [0.2, 0.25) is 6.79 Å². The largest absolute Gasteiger partial charge is 0.489 e. The third-order valence-corrected chi connectivity index (χ3v) is 2.15. The quantitative estimate of drug-likeness (QED) is 0.790. The summed E-state index contributed by atoms with van der Waals surface area (Å²) in [5, 5.41) is 8.41. The molecule has 17 heavy (non-hydrogen) atoms. The molecule has 1 heterocycles. The van der Waals surface area contributed by atoms with E-state index < -0.39 is 5.97 Å². The molecule has 1 aromatic carbocycles. The number of carboxylic acid groups (broad SMARTS) is 1. The first kappa shape index (κ1) is 11.3. The Labute approximate surface area is 98.2 Å². The van der Waals surface area contributed by atoms with Crippen molar-refractivity contribution >= 4 is 5.97 Å². The van der Waals surface area contributed by atoms with Crippen LogP contribution in [-0.2, 0) is 4.79 Å². The molecule has 1 aliphatic rings. The Bertz CT molecular complexity index is 439. The highest BCUT2D eigenvalue weighted by Gasteiger charge is 2.13. The molecule has 1 N–H and O–H groups in total. The first-order valence-electron chi connectivity index (χ1n) is 5.15. The molecule has 1 aromatic rings. The summed E-state index contributed by atoms with van der Waals surface area (Å²) in [5.41, 5.74) is 0. The maximum atomic E-state index is 10.2. The zero-order valence-corrected chi connectivity index (χ0v) is 9.09. The Morgan fingerprint density at radius 3 is 3.00 bits per heavy atom. The van der Waals surface area contributed by atoms with Crippen LogP contribution in [-0.4, -0.2) is 24.5 Å². The minimum Gasteiger partial charge on any atom is -0.489 e. The molecular weight excluding hydrogens is 224 g/mol. The van der Waals surface area contributed by atoms with Gasteiger partial charge in [0.1, 0.15) is 12.4 Å². The van der Waals surface area contributed by atoms with E-state index in [-0.39, 0.29) is 13.2 Å². The zero-order chi connectivity index (χ0) is 12.1. The van der Waals surface area contributed by atoms with Crippen LogP contribution in [0.5, 0.6) is 17.2 Å². The number of benzene rings is 1. The number of carboxylic acids is 1. The van der Waals surface area contributed by atoms with Gasteiger partial charge in [-0.2, -0.15) is 0 Å². The molecule has 90 valence electrons. The normalized spacial score (nSPS) is 12.9. The van der Waals surface area contributed by atoms with Crippen LogP contribution in [0.2, 0.25) is 0 Å². The van der Waals surface area contributed by atoms with Crippen molar-refractivity contribution < 1.29 is 24.1 Å². The molecule has 0 fully saturated rings. The maximum absolute atomic E-state index is 10.2. The summed E-state index contributed by atoms with van der Waals surface area (Å²) in [6, 6.07) is 5.30. The molecule has 0 aliphatic carbocycles. The fourth-order valence-corrected chi connectivity index (χ4v) is 1.36. The van der Waals surface area contributed by atoms with Gasteiger partial charge >= 0.3 is 5.97 Å².